The largest absolute Gasteiger partial charge is 0.372 e. The molecular weight excluding hydrogens is 508 g/mol. The number of aliphatic hydroxyl groups is 1. The second-order valence-corrected chi connectivity index (χ2v) is 8.37. The van der Waals surface area contributed by atoms with Gasteiger partial charge in [0.25, 0.3) is 5.91 Å². The number of nitrogens with two attached hydrogens (primary N) is 4. The van der Waals surface area contributed by atoms with Crippen LogP contribution in [0.2, 0.25) is 0 Å². The third-order valence-corrected chi connectivity index (χ3v) is 5.37. The van der Waals surface area contributed by atoms with E-state index >= 15 is 0 Å². The number of hydrogen-bond acceptors (Lipinski definition) is 12. The van der Waals surface area contributed by atoms with Gasteiger partial charge in [0.05, 0.1) is 6.04 Å². The van der Waals surface area contributed by atoms with Crippen molar-refractivity contribution in [2.24, 2.45) is 27.9 Å². The summed E-state index contributed by atoms with van der Waals surface area (Å²) in [4.78, 5) is 78.8. The van der Waals surface area contributed by atoms with Crippen LogP contribution in [0.15, 0.2) is 16.9 Å². The number of nitrogens with one attached hydrogen (secondary N) is 7. The summed E-state index contributed by atoms with van der Waals surface area (Å²) in [5.74, 6) is -4.71. The third kappa shape index (κ3) is 8.28. The molecule has 0 aromatic rings. The highest BCUT2D eigenvalue weighted by atomic mass is 16.3. The van der Waals surface area contributed by atoms with E-state index in [-0.39, 0.29) is 12.4 Å². The summed E-state index contributed by atoms with van der Waals surface area (Å²) in [6, 6.07) is -7.39. The molecule has 0 aromatic carbocycles. The highest BCUT2D eigenvalue weighted by molar-refractivity contribution is 6.02. The summed E-state index contributed by atoms with van der Waals surface area (Å²) in [7, 11) is 0. The van der Waals surface area contributed by atoms with Gasteiger partial charge in [-0.05, 0) is 6.92 Å². The number of nitrogens with zero attached hydrogens (tertiary/aromatic N) is 1. The molecule has 1 fully saturated rings. The fourth-order valence-corrected chi connectivity index (χ4v) is 3.36. The number of carbonyl (C=O) groups is 6. The van der Waals surface area contributed by atoms with Crippen LogP contribution in [0.3, 0.4) is 0 Å². The average molecular weight is 541 g/mol. The predicted molar refractivity (Wildman–Crippen MR) is 130 cm³/mol. The molecule has 16 N–H and O–H groups in total. The lowest BCUT2D eigenvalue weighted by Crippen LogP contribution is -2.64. The van der Waals surface area contributed by atoms with Gasteiger partial charge in [-0.2, -0.15) is 0 Å². The second-order valence-electron chi connectivity index (χ2n) is 8.37. The Kier molecular flexibility index (Phi) is 10.3. The van der Waals surface area contributed by atoms with Gasteiger partial charge >= 0.3 is 6.03 Å². The molecule has 19 heteroatoms. The summed E-state index contributed by atoms with van der Waals surface area (Å²) < 4.78 is 0. The average Bonchev–Trinajstić information content (AvgIpc) is 2.84. The summed E-state index contributed by atoms with van der Waals surface area (Å²) in [6.45, 7) is 0.506. The molecule has 2 heterocycles. The number of rotatable bonds is 3. The molecule has 0 radical (unpaired) electrons. The Balaban J connectivity index is 2.46. The molecule has 1 unspecified atom stereocenters. The monoisotopic (exact) mass is 540 g/mol. The van der Waals surface area contributed by atoms with Crippen LogP contribution in [-0.2, 0) is 24.0 Å². The summed E-state index contributed by atoms with van der Waals surface area (Å²) in [5, 5.41) is 26.3. The van der Waals surface area contributed by atoms with Crippen molar-refractivity contribution in [1.82, 2.24) is 37.2 Å². The number of guanidine groups is 1. The highest BCUT2D eigenvalue weighted by Crippen LogP contribution is 2.10. The smallest absolute Gasteiger partial charge is 0.316 e. The number of carbonyl (C=O) groups excluding carboxylic acids is 6. The van der Waals surface area contributed by atoms with Crippen molar-refractivity contribution < 1.29 is 33.9 Å². The molecule has 38 heavy (non-hydrogen) atoms. The Morgan fingerprint density at radius 2 is 1.76 bits per heavy atom. The molecule has 6 atom stereocenters. The number of hydrogen-bond donors (Lipinski definition) is 12. The van der Waals surface area contributed by atoms with Crippen molar-refractivity contribution in [3.05, 3.63) is 11.9 Å². The molecule has 7 amide bonds. The zero-order chi connectivity index (χ0) is 28.6. The Bertz CT molecular complexity index is 1030. The zero-order valence-corrected chi connectivity index (χ0v) is 20.3. The number of amides is 7. The number of primary amides is 1. The number of urea groups is 1. The minimum Gasteiger partial charge on any atom is -0.372 e. The van der Waals surface area contributed by atoms with Gasteiger partial charge in [-0.15, -0.1) is 0 Å². The molecule has 0 aromatic heterocycles. The van der Waals surface area contributed by atoms with Crippen molar-refractivity contribution in [3.63, 3.8) is 0 Å². The van der Waals surface area contributed by atoms with Crippen LogP contribution in [-0.4, -0.2) is 96.2 Å². The maximum Gasteiger partial charge on any atom is 0.316 e. The van der Waals surface area contributed by atoms with Crippen molar-refractivity contribution >= 4 is 41.5 Å². The van der Waals surface area contributed by atoms with Crippen LogP contribution in [0.5, 0.6) is 0 Å². The topological polar surface area (TPSA) is 323 Å². The van der Waals surface area contributed by atoms with E-state index in [2.05, 4.69) is 36.9 Å². The van der Waals surface area contributed by atoms with Gasteiger partial charge in [-0.1, -0.05) is 0 Å². The molecule has 2 rings (SSSR count). The van der Waals surface area contributed by atoms with E-state index in [0.717, 1.165) is 6.20 Å². The lowest BCUT2D eigenvalue weighted by Gasteiger charge is -2.32. The van der Waals surface area contributed by atoms with Gasteiger partial charge in [0.15, 0.2) is 12.2 Å². The Labute approximate surface area is 215 Å². The van der Waals surface area contributed by atoms with Crippen LogP contribution in [0, 0.1) is 0 Å². The van der Waals surface area contributed by atoms with Gasteiger partial charge < -0.3 is 65.3 Å². The van der Waals surface area contributed by atoms with Gasteiger partial charge in [0.2, 0.25) is 23.6 Å². The molecule has 2 aliphatic heterocycles. The summed E-state index contributed by atoms with van der Waals surface area (Å²) in [6.07, 6.45) is -0.711. The van der Waals surface area contributed by atoms with E-state index in [1.54, 1.807) is 0 Å². The Morgan fingerprint density at radius 1 is 1.08 bits per heavy atom. The van der Waals surface area contributed by atoms with Crippen LogP contribution in [0.4, 0.5) is 4.79 Å². The van der Waals surface area contributed by atoms with Crippen LogP contribution in [0.1, 0.15) is 13.3 Å². The van der Waals surface area contributed by atoms with Crippen molar-refractivity contribution in [2.75, 3.05) is 13.1 Å². The van der Waals surface area contributed by atoms with Crippen LogP contribution >= 0.6 is 0 Å². The fourth-order valence-electron chi connectivity index (χ4n) is 3.36. The van der Waals surface area contributed by atoms with Crippen molar-refractivity contribution in [3.8, 4) is 0 Å². The maximum atomic E-state index is 13.1. The van der Waals surface area contributed by atoms with Gasteiger partial charge in [0, 0.05) is 25.7 Å². The van der Waals surface area contributed by atoms with E-state index < -0.39 is 90.8 Å². The highest BCUT2D eigenvalue weighted by Gasteiger charge is 2.36. The lowest BCUT2D eigenvalue weighted by molar-refractivity contribution is -0.132. The minimum atomic E-state index is -1.47. The molecule has 210 valence electrons. The predicted octanol–water partition coefficient (Wildman–Crippen LogP) is -7.50. The number of aliphatic hydroxyl groups excluding tert-OH is 1. The Hall–Kier alpha value is -4.49. The van der Waals surface area contributed by atoms with Crippen LogP contribution in [0.25, 0.3) is 0 Å². The molecule has 0 bridgehead atoms. The number of aliphatic imine (C=N–C) groups is 1. The van der Waals surface area contributed by atoms with Gasteiger partial charge in [-0.25, -0.2) is 9.79 Å². The van der Waals surface area contributed by atoms with Gasteiger partial charge in [0.1, 0.15) is 29.9 Å². The van der Waals surface area contributed by atoms with E-state index in [9.17, 15) is 33.9 Å². The first kappa shape index (κ1) is 29.7. The first-order valence-corrected chi connectivity index (χ1v) is 11.3. The van der Waals surface area contributed by atoms with Gasteiger partial charge in [-0.3, -0.25) is 24.0 Å². The fraction of sp³-hybridized carbons (Fsp3) is 0.526. The molecule has 19 nitrogen and oxygen atoms in total. The summed E-state index contributed by atoms with van der Waals surface area (Å²) in [5.41, 5.74) is 21.5. The normalized spacial score (nSPS) is 31.0. The summed E-state index contributed by atoms with van der Waals surface area (Å²) >= 11 is 0. The van der Waals surface area contributed by atoms with Crippen molar-refractivity contribution in [1.29, 1.82) is 0 Å². The maximum absolute atomic E-state index is 13.1. The van der Waals surface area contributed by atoms with E-state index in [1.165, 1.54) is 6.92 Å². The molecular formula is C19H32N12O7. The molecule has 1 saturated heterocycles. The zero-order valence-electron chi connectivity index (χ0n) is 20.3. The standard InChI is InChI=1S/C19H32N12O7/c1-6-13(33)27-9(3-20)15(35)28-10(5-25-19(23)38)16(36)31-12(8-2-11(32)30-18(22)29-8)17(37)24-4-7(21)14(34)26-6/h5-9,11-12,32H,2-4,20-21H2,1H3,(H,24,37)(H,26,34)(H,27,33)(H,28,35)(H,31,36)(H3,22,29,30)(H3,23,25,38)/b10-5+/t6-,7-,8?,9-,11+,12-/m0/s1. The quantitative estimate of drug-likeness (QED) is 0.149. The second kappa shape index (κ2) is 13.2. The van der Waals surface area contributed by atoms with E-state index in [1.807, 2.05) is 5.32 Å². The molecule has 0 aliphatic carbocycles. The van der Waals surface area contributed by atoms with Crippen molar-refractivity contribution in [2.45, 2.75) is 49.8 Å². The Morgan fingerprint density at radius 3 is 2.37 bits per heavy atom. The van der Waals surface area contributed by atoms with E-state index in [4.69, 9.17) is 22.9 Å². The first-order chi connectivity index (χ1) is 17.8. The van der Waals surface area contributed by atoms with E-state index in [0.29, 0.717) is 0 Å². The SMILES string of the molecule is C[C@@H]1NC(=O)[C@@H](N)CNC(=O)[C@H](C2C[C@@H](O)N=C(N)N2)NC(=O)/C(=C\NC(N)=O)NC(=O)[C@H](CN)NC1=O. The minimum absolute atomic E-state index is 0.171. The molecule has 0 saturated carbocycles. The lowest BCUT2D eigenvalue weighted by atomic mass is 10.0. The van der Waals surface area contributed by atoms with Crippen LogP contribution < -0.4 is 60.2 Å². The molecule has 2 aliphatic rings. The third-order valence-electron chi connectivity index (χ3n) is 5.37. The first-order valence-electron chi connectivity index (χ1n) is 11.3. The molecule has 0 spiro atoms.